The summed E-state index contributed by atoms with van der Waals surface area (Å²) in [7, 11) is 0. The summed E-state index contributed by atoms with van der Waals surface area (Å²) >= 11 is 3.52. The van der Waals surface area contributed by atoms with Crippen molar-refractivity contribution in [2.75, 3.05) is 6.61 Å². The van der Waals surface area contributed by atoms with E-state index in [1.54, 1.807) is 0 Å². The van der Waals surface area contributed by atoms with Gasteiger partial charge in [-0.3, -0.25) is 0 Å². The fourth-order valence-corrected chi connectivity index (χ4v) is 9.46. The van der Waals surface area contributed by atoms with Crippen molar-refractivity contribution in [2.24, 2.45) is 0 Å². The van der Waals surface area contributed by atoms with Crippen LogP contribution in [0.25, 0.3) is 0 Å². The van der Waals surface area contributed by atoms with Crippen molar-refractivity contribution in [3.8, 4) is 0 Å². The lowest BCUT2D eigenvalue weighted by atomic mass is 9.83. The smallest absolute Gasteiger partial charge is 0.187 e. The maximum Gasteiger partial charge on any atom is 0.187 e. The summed E-state index contributed by atoms with van der Waals surface area (Å²) in [6.07, 6.45) is -11.9. The van der Waals surface area contributed by atoms with Gasteiger partial charge in [0.25, 0.3) is 0 Å². The number of benzene rings is 7. The van der Waals surface area contributed by atoms with Crippen LogP contribution in [0.15, 0.2) is 211 Å². The average molecular weight is 1050 g/mol. The predicted octanol–water partition coefficient (Wildman–Crippen LogP) is 10.3. The summed E-state index contributed by atoms with van der Waals surface area (Å²) in [5.41, 5.74) is 6.46. The van der Waals surface area contributed by atoms with E-state index in [2.05, 4.69) is 15.9 Å². The van der Waals surface area contributed by atoms with Crippen LogP contribution in [0.3, 0.4) is 0 Å². The highest BCUT2D eigenvalue weighted by Crippen LogP contribution is 2.37. The maximum atomic E-state index is 12.6. The van der Waals surface area contributed by atoms with Crippen molar-refractivity contribution in [1.29, 1.82) is 0 Å². The maximum absolute atomic E-state index is 12.6. The van der Waals surface area contributed by atoms with Gasteiger partial charge in [-0.25, -0.2) is 0 Å². The van der Waals surface area contributed by atoms with Gasteiger partial charge in [0, 0.05) is 4.47 Å². The normalized spacial score (nSPS) is 25.1. The van der Waals surface area contributed by atoms with Crippen molar-refractivity contribution < 1.29 is 52.8 Å². The van der Waals surface area contributed by atoms with E-state index in [1.807, 2.05) is 206 Å². The molecule has 73 heavy (non-hydrogen) atoms. The van der Waals surface area contributed by atoms with E-state index in [1.165, 1.54) is 0 Å². The zero-order valence-electron chi connectivity index (χ0n) is 40.6. The van der Waals surface area contributed by atoms with Crippen molar-refractivity contribution in [2.45, 2.75) is 114 Å². The van der Waals surface area contributed by atoms with Crippen LogP contribution in [-0.2, 0) is 88.9 Å². The minimum Gasteiger partial charge on any atom is -0.387 e. The van der Waals surface area contributed by atoms with Gasteiger partial charge in [0.2, 0.25) is 0 Å². The quantitative estimate of drug-likeness (QED) is 0.0601. The number of hydrogen-bond acceptors (Lipinski definition) is 11. The lowest BCUT2D eigenvalue weighted by Gasteiger charge is -2.50. The first kappa shape index (κ1) is 52.4. The second kappa shape index (κ2) is 27.2. The fraction of sp³-hybridized carbons (Fsp3) is 0.311. The van der Waals surface area contributed by atoms with E-state index < -0.39 is 67.3 Å². The Morgan fingerprint density at radius 2 is 0.630 bits per heavy atom. The molecule has 1 saturated heterocycles. The molecule has 9 rings (SSSR count). The lowest BCUT2D eigenvalue weighted by Crippen LogP contribution is -2.69. The summed E-state index contributed by atoms with van der Waals surface area (Å²) in [6.45, 7) is 1.44. The number of aliphatic hydroxyl groups is 2. The molecule has 0 unspecified atom stereocenters. The third kappa shape index (κ3) is 14.9. The molecule has 12 heteroatoms. The Kier molecular flexibility index (Phi) is 19.5. The van der Waals surface area contributed by atoms with Crippen LogP contribution in [0.5, 0.6) is 0 Å². The number of halogens is 1. The van der Waals surface area contributed by atoms with Crippen LogP contribution < -0.4 is 0 Å². The van der Waals surface area contributed by atoms with Crippen LogP contribution in [0.1, 0.15) is 38.9 Å². The molecule has 0 spiro atoms. The number of hydrogen-bond donors (Lipinski definition) is 2. The van der Waals surface area contributed by atoms with Gasteiger partial charge in [0.1, 0.15) is 61.0 Å². The first-order valence-electron chi connectivity index (χ1n) is 24.9. The summed E-state index contributed by atoms with van der Waals surface area (Å²) in [5, 5.41) is 24.9. The monoisotopic (exact) mass is 1050 g/mol. The zero-order valence-corrected chi connectivity index (χ0v) is 42.2. The van der Waals surface area contributed by atoms with Gasteiger partial charge in [0.05, 0.1) is 52.9 Å². The topological polar surface area (TPSA) is 124 Å². The van der Waals surface area contributed by atoms with Gasteiger partial charge in [-0.2, -0.15) is 0 Å². The molecule has 2 aliphatic rings. The molecule has 380 valence electrons. The Morgan fingerprint density at radius 1 is 0.329 bits per heavy atom. The van der Waals surface area contributed by atoms with E-state index in [4.69, 9.17) is 42.6 Å². The molecular weight excluding hydrogens is 989 g/mol. The van der Waals surface area contributed by atoms with Crippen molar-refractivity contribution >= 4 is 15.9 Å². The molecule has 0 bridgehead atoms. The minimum atomic E-state index is -1.56. The Labute approximate surface area is 436 Å². The van der Waals surface area contributed by atoms with Crippen molar-refractivity contribution in [3.05, 3.63) is 250 Å². The van der Waals surface area contributed by atoms with Crippen LogP contribution in [-0.4, -0.2) is 84.1 Å². The lowest BCUT2D eigenvalue weighted by molar-refractivity contribution is -0.361. The zero-order chi connectivity index (χ0) is 50.0. The molecule has 1 saturated carbocycles. The highest BCUT2D eigenvalue weighted by molar-refractivity contribution is 9.10. The standard InChI is InChI=1S/C61H63BrO11/c62-50-33-31-49(32-34-50)41-67-55-52(63)53(64)56(59(70-39-47-27-15-5-16-28-47)58(55)69-38-46-25-13-4-14-26-46)73-61-60(71-40-48-29-17-6-18-30-48)57(68-37-45-23-11-3-12-24-45)54(66-36-44-21-9-2-10-22-44)51(72-61)42-65-35-43-19-7-1-8-20-43/h1-34,51-61,63-64H,35-42H2/t51-,52+,53-,54-,55+,56+,57+,58-,59-,60+,61-/m1/s1. The molecule has 1 heterocycles. The fourth-order valence-electron chi connectivity index (χ4n) is 9.20. The van der Waals surface area contributed by atoms with E-state index in [0.29, 0.717) is 6.61 Å². The molecular formula is C61H63BrO11. The van der Waals surface area contributed by atoms with Gasteiger partial charge in [0.15, 0.2) is 6.29 Å². The Hall–Kier alpha value is -5.42. The summed E-state index contributed by atoms with van der Waals surface area (Å²) in [6, 6.07) is 66.9. The average Bonchev–Trinajstić information content (AvgIpc) is 3.44. The van der Waals surface area contributed by atoms with Gasteiger partial charge >= 0.3 is 0 Å². The van der Waals surface area contributed by atoms with Gasteiger partial charge in [-0.05, 0) is 51.1 Å². The molecule has 11 nitrogen and oxygen atoms in total. The molecule has 0 aromatic heterocycles. The van der Waals surface area contributed by atoms with E-state index in [-0.39, 0.29) is 46.2 Å². The van der Waals surface area contributed by atoms with Gasteiger partial charge in [-0.1, -0.05) is 210 Å². The van der Waals surface area contributed by atoms with Gasteiger partial charge < -0.3 is 52.8 Å². The van der Waals surface area contributed by atoms with Crippen molar-refractivity contribution in [1.82, 2.24) is 0 Å². The SMILES string of the molecule is O[C@@H]1[C@H](O)[C@H](OCc2ccc(Br)cc2)[C@@H](OCc2ccccc2)[C@H](OCc2ccccc2)[C@H]1O[C@H]1O[C@H](COCc2ccccc2)[C@@H](OCc2ccccc2)[C@H](OCc2ccccc2)[C@@H]1OCc1ccccc1. The summed E-state index contributed by atoms with van der Waals surface area (Å²) in [5.74, 6) is 0. The molecule has 1 aliphatic heterocycles. The molecule has 0 amide bonds. The van der Waals surface area contributed by atoms with Crippen molar-refractivity contribution in [3.63, 3.8) is 0 Å². The number of aliphatic hydroxyl groups excluding tert-OH is 2. The van der Waals surface area contributed by atoms with Crippen LogP contribution in [0, 0.1) is 0 Å². The number of rotatable bonds is 24. The molecule has 0 radical (unpaired) electrons. The molecule has 7 aromatic carbocycles. The molecule has 11 atom stereocenters. The third-order valence-corrected chi connectivity index (χ3v) is 13.6. The first-order valence-corrected chi connectivity index (χ1v) is 25.7. The first-order chi connectivity index (χ1) is 35.9. The van der Waals surface area contributed by atoms with Crippen LogP contribution in [0.2, 0.25) is 0 Å². The third-order valence-electron chi connectivity index (χ3n) is 13.1. The highest BCUT2D eigenvalue weighted by atomic mass is 79.9. The van der Waals surface area contributed by atoms with E-state index in [9.17, 15) is 10.2 Å². The predicted molar refractivity (Wildman–Crippen MR) is 279 cm³/mol. The second-order valence-electron chi connectivity index (χ2n) is 18.3. The summed E-state index contributed by atoms with van der Waals surface area (Å²) < 4.78 is 62.9. The molecule has 2 N–H and O–H groups in total. The Morgan fingerprint density at radius 3 is 1.04 bits per heavy atom. The second-order valence-corrected chi connectivity index (χ2v) is 19.2. The molecule has 1 aliphatic carbocycles. The van der Waals surface area contributed by atoms with E-state index in [0.717, 1.165) is 43.4 Å². The Balaban J connectivity index is 1.10. The molecule has 7 aromatic rings. The van der Waals surface area contributed by atoms with Crippen LogP contribution >= 0.6 is 15.9 Å². The van der Waals surface area contributed by atoms with Gasteiger partial charge in [-0.15, -0.1) is 0 Å². The number of ether oxygens (including phenoxy) is 9. The molecule has 2 fully saturated rings. The highest BCUT2D eigenvalue weighted by Gasteiger charge is 2.56. The summed E-state index contributed by atoms with van der Waals surface area (Å²) in [4.78, 5) is 0. The minimum absolute atomic E-state index is 0.0867. The van der Waals surface area contributed by atoms with E-state index >= 15 is 0 Å². The van der Waals surface area contributed by atoms with Crippen LogP contribution in [0.4, 0.5) is 0 Å². The Bertz CT molecular complexity index is 2620. The largest absolute Gasteiger partial charge is 0.387 e.